The van der Waals surface area contributed by atoms with Crippen molar-refractivity contribution in [1.82, 2.24) is 9.88 Å². The first-order valence-electron chi connectivity index (χ1n) is 4.72. The molecule has 0 spiro atoms. The van der Waals surface area contributed by atoms with Crippen LogP contribution in [0.2, 0.25) is 0 Å². The van der Waals surface area contributed by atoms with Crippen molar-refractivity contribution in [3.8, 4) is 0 Å². The van der Waals surface area contributed by atoms with Crippen LogP contribution in [0.4, 0.5) is 0 Å². The Bertz CT molecular complexity index is 238. The summed E-state index contributed by atoms with van der Waals surface area (Å²) >= 11 is 0. The summed E-state index contributed by atoms with van der Waals surface area (Å²) in [6, 6.07) is 2.20. The van der Waals surface area contributed by atoms with Gasteiger partial charge in [-0.05, 0) is 11.6 Å². The second-order valence-electron chi connectivity index (χ2n) is 2.83. The number of rotatable bonds is 0. The zero-order valence-electron chi connectivity index (χ0n) is 8.22. The summed E-state index contributed by atoms with van der Waals surface area (Å²) < 4.78 is 2.22. The molecule has 0 radical (unpaired) electrons. The Kier molecular flexibility index (Phi) is 3.35. The molecule has 1 aliphatic rings. The van der Waals surface area contributed by atoms with Gasteiger partial charge in [-0.2, -0.15) is 0 Å². The molecule has 68 valence electrons. The Hall–Kier alpha value is -0.760. The third kappa shape index (κ3) is 1.69. The maximum absolute atomic E-state index is 3.34. The number of nitrogens with one attached hydrogen (secondary N) is 1. The second-order valence-corrected chi connectivity index (χ2v) is 2.83. The quantitative estimate of drug-likeness (QED) is 0.620. The molecule has 0 bridgehead atoms. The topological polar surface area (TPSA) is 17.0 Å². The van der Waals surface area contributed by atoms with Crippen molar-refractivity contribution < 1.29 is 0 Å². The molecule has 1 aliphatic heterocycles. The van der Waals surface area contributed by atoms with E-state index >= 15 is 0 Å². The van der Waals surface area contributed by atoms with Crippen LogP contribution in [0.5, 0.6) is 0 Å². The van der Waals surface area contributed by atoms with Gasteiger partial charge in [-0.25, -0.2) is 0 Å². The van der Waals surface area contributed by atoms with Crippen molar-refractivity contribution in [3.05, 3.63) is 23.5 Å². The van der Waals surface area contributed by atoms with E-state index in [2.05, 4.69) is 29.2 Å². The van der Waals surface area contributed by atoms with Crippen LogP contribution in [0.3, 0.4) is 0 Å². The molecular weight excluding hydrogens is 148 g/mol. The highest BCUT2D eigenvalue weighted by atomic mass is 15.0. The summed E-state index contributed by atoms with van der Waals surface area (Å²) in [7, 11) is 2.12. The number of hydrogen-bond donors (Lipinski definition) is 1. The molecule has 2 nitrogen and oxygen atoms in total. The lowest BCUT2D eigenvalue weighted by molar-refractivity contribution is 0.618. The summed E-state index contributed by atoms with van der Waals surface area (Å²) in [6.45, 7) is 6.18. The largest absolute Gasteiger partial charge is 0.354 e. The van der Waals surface area contributed by atoms with Gasteiger partial charge in [0.2, 0.25) is 0 Å². The number of hydrogen-bond acceptors (Lipinski definition) is 1. The van der Waals surface area contributed by atoms with E-state index in [4.69, 9.17) is 0 Å². The van der Waals surface area contributed by atoms with E-state index < -0.39 is 0 Å². The van der Waals surface area contributed by atoms with Crippen molar-refractivity contribution in [3.63, 3.8) is 0 Å². The van der Waals surface area contributed by atoms with Gasteiger partial charge >= 0.3 is 0 Å². The highest BCUT2D eigenvalue weighted by Crippen LogP contribution is 2.12. The van der Waals surface area contributed by atoms with Crippen LogP contribution >= 0.6 is 0 Å². The van der Waals surface area contributed by atoms with Crippen LogP contribution in [-0.2, 0) is 20.0 Å². The monoisotopic (exact) mass is 166 g/mol. The van der Waals surface area contributed by atoms with Gasteiger partial charge < -0.3 is 9.88 Å². The van der Waals surface area contributed by atoms with E-state index in [0.717, 1.165) is 13.1 Å². The molecular formula is C10H18N2. The molecule has 0 amide bonds. The molecule has 1 aromatic rings. The molecule has 12 heavy (non-hydrogen) atoms. The SMILES string of the molecule is CC.Cn1ccc2c1CCNC2. The summed E-state index contributed by atoms with van der Waals surface area (Å²) in [5.74, 6) is 0. The standard InChI is InChI=1S/C8H12N2.C2H6/c1-10-5-3-7-6-9-4-2-8(7)10;1-2/h3,5,9H,2,4,6H2,1H3;1-2H3. The smallest absolute Gasteiger partial charge is 0.0229 e. The van der Waals surface area contributed by atoms with E-state index in [1.54, 1.807) is 0 Å². The van der Waals surface area contributed by atoms with Gasteiger partial charge in [-0.3, -0.25) is 0 Å². The molecule has 1 aromatic heterocycles. The zero-order chi connectivity index (χ0) is 8.97. The Morgan fingerprint density at radius 2 is 2.17 bits per heavy atom. The van der Waals surface area contributed by atoms with Gasteiger partial charge in [0.1, 0.15) is 0 Å². The Balaban J connectivity index is 0.000000336. The fourth-order valence-corrected chi connectivity index (χ4v) is 1.54. The van der Waals surface area contributed by atoms with Gasteiger partial charge in [0, 0.05) is 38.4 Å². The summed E-state index contributed by atoms with van der Waals surface area (Å²) in [5.41, 5.74) is 2.97. The fourth-order valence-electron chi connectivity index (χ4n) is 1.54. The normalized spacial score (nSPS) is 14.6. The minimum absolute atomic E-state index is 1.05. The molecule has 2 rings (SSSR count). The molecule has 0 saturated heterocycles. The van der Waals surface area contributed by atoms with Crippen molar-refractivity contribution in [2.75, 3.05) is 6.54 Å². The zero-order valence-corrected chi connectivity index (χ0v) is 8.22. The first kappa shape index (κ1) is 9.33. The van der Waals surface area contributed by atoms with E-state index in [9.17, 15) is 0 Å². The van der Waals surface area contributed by atoms with Crippen molar-refractivity contribution >= 4 is 0 Å². The van der Waals surface area contributed by atoms with Gasteiger partial charge in [0.15, 0.2) is 0 Å². The fraction of sp³-hybridized carbons (Fsp3) is 0.600. The van der Waals surface area contributed by atoms with Gasteiger partial charge in [-0.15, -0.1) is 0 Å². The lowest BCUT2D eigenvalue weighted by Gasteiger charge is -2.14. The number of fused-ring (bicyclic) bond motifs is 1. The lowest BCUT2D eigenvalue weighted by Crippen LogP contribution is -2.23. The van der Waals surface area contributed by atoms with Crippen molar-refractivity contribution in [2.45, 2.75) is 26.8 Å². The predicted molar refractivity (Wildman–Crippen MR) is 52.2 cm³/mol. The average molecular weight is 166 g/mol. The molecule has 0 aromatic carbocycles. The molecule has 2 heterocycles. The second kappa shape index (κ2) is 4.31. The molecule has 0 atom stereocenters. The van der Waals surface area contributed by atoms with Crippen LogP contribution in [0.1, 0.15) is 25.1 Å². The lowest BCUT2D eigenvalue weighted by atomic mass is 10.1. The van der Waals surface area contributed by atoms with Crippen LogP contribution < -0.4 is 5.32 Å². The summed E-state index contributed by atoms with van der Waals surface area (Å²) in [6.07, 6.45) is 3.32. The first-order valence-corrected chi connectivity index (χ1v) is 4.72. The van der Waals surface area contributed by atoms with Gasteiger partial charge in [0.05, 0.1) is 0 Å². The van der Waals surface area contributed by atoms with E-state index in [0.29, 0.717) is 0 Å². The van der Waals surface area contributed by atoms with Gasteiger partial charge in [0.25, 0.3) is 0 Å². The minimum atomic E-state index is 1.05. The highest BCUT2D eigenvalue weighted by molar-refractivity contribution is 5.24. The van der Waals surface area contributed by atoms with Crippen LogP contribution in [0, 0.1) is 0 Å². The van der Waals surface area contributed by atoms with Crippen LogP contribution in [0.25, 0.3) is 0 Å². The van der Waals surface area contributed by atoms with E-state index in [1.807, 2.05) is 13.8 Å². The number of aromatic nitrogens is 1. The van der Waals surface area contributed by atoms with E-state index in [-0.39, 0.29) is 0 Å². The molecule has 2 heteroatoms. The maximum atomic E-state index is 3.34. The van der Waals surface area contributed by atoms with Crippen LogP contribution in [0.15, 0.2) is 12.3 Å². The van der Waals surface area contributed by atoms with Crippen LogP contribution in [-0.4, -0.2) is 11.1 Å². The third-order valence-electron chi connectivity index (χ3n) is 2.15. The molecule has 0 saturated carbocycles. The Morgan fingerprint density at radius 3 is 2.83 bits per heavy atom. The summed E-state index contributed by atoms with van der Waals surface area (Å²) in [4.78, 5) is 0. The number of aryl methyl sites for hydroxylation is 1. The van der Waals surface area contributed by atoms with Crippen molar-refractivity contribution in [2.24, 2.45) is 7.05 Å². The van der Waals surface area contributed by atoms with E-state index in [1.165, 1.54) is 17.7 Å². The number of nitrogens with zero attached hydrogens (tertiary/aromatic N) is 1. The van der Waals surface area contributed by atoms with Gasteiger partial charge in [-0.1, -0.05) is 13.8 Å². The molecule has 0 aliphatic carbocycles. The third-order valence-corrected chi connectivity index (χ3v) is 2.15. The molecule has 0 fully saturated rings. The maximum Gasteiger partial charge on any atom is 0.0229 e. The Morgan fingerprint density at radius 1 is 1.42 bits per heavy atom. The highest BCUT2D eigenvalue weighted by Gasteiger charge is 2.09. The summed E-state index contributed by atoms with van der Waals surface area (Å²) in [5, 5.41) is 3.34. The molecule has 0 unspecified atom stereocenters. The first-order chi connectivity index (χ1) is 5.88. The average Bonchev–Trinajstić information content (AvgIpc) is 2.53. The Labute approximate surface area is 74.6 Å². The molecule has 1 N–H and O–H groups in total. The predicted octanol–water partition coefficient (Wildman–Crippen LogP) is 1.70. The van der Waals surface area contributed by atoms with Crippen molar-refractivity contribution in [1.29, 1.82) is 0 Å². The minimum Gasteiger partial charge on any atom is -0.354 e.